The van der Waals surface area contributed by atoms with Gasteiger partial charge >= 0.3 is 5.97 Å². The van der Waals surface area contributed by atoms with Crippen molar-refractivity contribution in [2.45, 2.75) is 32.6 Å². The molecule has 0 radical (unpaired) electrons. The Morgan fingerprint density at radius 1 is 1.20 bits per heavy atom. The number of hydrogen-bond acceptors (Lipinski definition) is 4. The molecule has 0 unspecified atom stereocenters. The van der Waals surface area contributed by atoms with Crippen LogP contribution in [-0.2, 0) is 16.1 Å². The van der Waals surface area contributed by atoms with Crippen LogP contribution in [0, 0.1) is 0 Å². The lowest BCUT2D eigenvalue weighted by atomic mass is 10.1. The van der Waals surface area contributed by atoms with Gasteiger partial charge in [-0.05, 0) is 50.3 Å². The summed E-state index contributed by atoms with van der Waals surface area (Å²) in [4.78, 5) is 15.4. The smallest absolute Gasteiger partial charge is 0.353 e. The second-order valence-corrected chi connectivity index (χ2v) is 4.47. The fourth-order valence-electron chi connectivity index (χ4n) is 1.65. The van der Waals surface area contributed by atoms with Crippen LogP contribution in [0.5, 0.6) is 5.75 Å². The number of ether oxygens (including phenoxy) is 1. The molecule has 0 bridgehead atoms. The molecule has 0 saturated heterocycles. The molecule has 5 nitrogen and oxygen atoms in total. The summed E-state index contributed by atoms with van der Waals surface area (Å²) in [6.45, 7) is 1.86. The van der Waals surface area contributed by atoms with E-state index in [1.807, 2.05) is 12.1 Å². The van der Waals surface area contributed by atoms with Gasteiger partial charge < -0.3 is 14.7 Å². The summed E-state index contributed by atoms with van der Waals surface area (Å²) in [7, 11) is 1.66. The molecule has 0 aliphatic carbocycles. The number of hydrogen-bond donors (Lipinski definition) is 1. The molecule has 20 heavy (non-hydrogen) atoms. The van der Waals surface area contributed by atoms with Gasteiger partial charge in [0, 0.05) is 0 Å². The third-order valence-electron chi connectivity index (χ3n) is 2.87. The molecule has 0 aliphatic rings. The van der Waals surface area contributed by atoms with Gasteiger partial charge in [0.05, 0.1) is 7.11 Å². The highest BCUT2D eigenvalue weighted by molar-refractivity contribution is 6.34. The highest BCUT2D eigenvalue weighted by atomic mass is 16.6. The van der Waals surface area contributed by atoms with Crippen molar-refractivity contribution in [2.24, 2.45) is 5.16 Å². The van der Waals surface area contributed by atoms with Gasteiger partial charge in [0.1, 0.15) is 12.4 Å². The molecule has 0 heterocycles. The summed E-state index contributed by atoms with van der Waals surface area (Å²) >= 11 is 0. The maximum Gasteiger partial charge on any atom is 0.353 e. The van der Waals surface area contributed by atoms with Crippen LogP contribution in [-0.4, -0.2) is 30.5 Å². The van der Waals surface area contributed by atoms with Crippen molar-refractivity contribution in [1.82, 2.24) is 0 Å². The Bertz CT molecular complexity index is 440. The number of nitrogens with zero attached hydrogens (tertiary/aromatic N) is 1. The Morgan fingerprint density at radius 2 is 1.90 bits per heavy atom. The lowest BCUT2D eigenvalue weighted by Gasteiger charge is -2.04. The summed E-state index contributed by atoms with van der Waals surface area (Å²) in [6.07, 6.45) is 3.97. The van der Waals surface area contributed by atoms with E-state index in [4.69, 9.17) is 14.7 Å². The zero-order valence-electron chi connectivity index (χ0n) is 12.0. The van der Waals surface area contributed by atoms with Crippen molar-refractivity contribution >= 4 is 11.7 Å². The second kappa shape index (κ2) is 8.96. The van der Waals surface area contributed by atoms with Crippen LogP contribution in [0.3, 0.4) is 0 Å². The fourth-order valence-corrected chi connectivity index (χ4v) is 1.65. The first kappa shape index (κ1) is 16.0. The first-order valence-electron chi connectivity index (χ1n) is 6.66. The van der Waals surface area contributed by atoms with Gasteiger partial charge in [-0.25, -0.2) is 4.79 Å². The van der Waals surface area contributed by atoms with Crippen LogP contribution >= 0.6 is 0 Å². The van der Waals surface area contributed by atoms with Crippen molar-refractivity contribution in [3.05, 3.63) is 29.8 Å². The lowest BCUT2D eigenvalue weighted by molar-refractivity contribution is -0.129. The van der Waals surface area contributed by atoms with Crippen molar-refractivity contribution in [2.75, 3.05) is 13.7 Å². The van der Waals surface area contributed by atoms with E-state index in [1.165, 1.54) is 12.5 Å². The molecule has 0 amide bonds. The van der Waals surface area contributed by atoms with E-state index in [0.29, 0.717) is 6.61 Å². The van der Waals surface area contributed by atoms with E-state index in [0.717, 1.165) is 31.4 Å². The predicted molar refractivity (Wildman–Crippen MR) is 77.2 cm³/mol. The number of oxime groups is 1. The zero-order chi connectivity index (χ0) is 14.8. The van der Waals surface area contributed by atoms with Crippen molar-refractivity contribution in [3.63, 3.8) is 0 Å². The molecule has 110 valence electrons. The number of aryl methyl sites for hydroxylation is 1. The topological polar surface area (TPSA) is 68.1 Å². The van der Waals surface area contributed by atoms with Crippen LogP contribution in [0.4, 0.5) is 0 Å². The SMILES string of the molecule is COc1ccc(CCCCCO/N=C(\C)C(=O)O)cc1. The van der Waals surface area contributed by atoms with E-state index in [9.17, 15) is 4.79 Å². The molecule has 1 aromatic rings. The largest absolute Gasteiger partial charge is 0.497 e. The average molecular weight is 279 g/mol. The van der Waals surface area contributed by atoms with E-state index in [1.54, 1.807) is 7.11 Å². The number of aliphatic carboxylic acids is 1. The van der Waals surface area contributed by atoms with Gasteiger partial charge in [-0.2, -0.15) is 0 Å². The number of rotatable bonds is 9. The second-order valence-electron chi connectivity index (χ2n) is 4.47. The molecule has 0 atom stereocenters. The molecule has 1 N–H and O–H groups in total. The van der Waals surface area contributed by atoms with Gasteiger partial charge in [-0.1, -0.05) is 17.3 Å². The van der Waals surface area contributed by atoms with Gasteiger partial charge in [-0.3, -0.25) is 0 Å². The molecule has 5 heteroatoms. The number of benzene rings is 1. The molecule has 1 aromatic carbocycles. The van der Waals surface area contributed by atoms with E-state index in [-0.39, 0.29) is 5.71 Å². The number of unbranched alkanes of at least 4 members (excludes halogenated alkanes) is 2. The fraction of sp³-hybridized carbons (Fsp3) is 0.467. The monoisotopic (exact) mass is 279 g/mol. The average Bonchev–Trinajstić information content (AvgIpc) is 2.46. The van der Waals surface area contributed by atoms with Crippen molar-refractivity contribution in [1.29, 1.82) is 0 Å². The van der Waals surface area contributed by atoms with Gasteiger partial charge in [-0.15, -0.1) is 0 Å². The normalized spacial score (nSPS) is 11.2. The molecular weight excluding hydrogens is 258 g/mol. The van der Waals surface area contributed by atoms with Crippen LogP contribution < -0.4 is 4.74 Å². The number of carbonyl (C=O) groups is 1. The first-order valence-corrected chi connectivity index (χ1v) is 6.66. The van der Waals surface area contributed by atoms with Gasteiger partial charge in [0.25, 0.3) is 0 Å². The van der Waals surface area contributed by atoms with Gasteiger partial charge in [0.15, 0.2) is 5.71 Å². The number of methoxy groups -OCH3 is 1. The Balaban J connectivity index is 2.10. The summed E-state index contributed by atoms with van der Waals surface area (Å²) in [5.41, 5.74) is 1.26. The summed E-state index contributed by atoms with van der Waals surface area (Å²) in [5.74, 6) is -0.182. The van der Waals surface area contributed by atoms with Crippen molar-refractivity contribution in [3.8, 4) is 5.75 Å². The van der Waals surface area contributed by atoms with Crippen LogP contribution in [0.1, 0.15) is 31.7 Å². The number of carboxylic acid groups (broad SMARTS) is 1. The molecule has 0 aromatic heterocycles. The molecular formula is C15H21NO4. The third kappa shape index (κ3) is 6.22. The van der Waals surface area contributed by atoms with Crippen molar-refractivity contribution < 1.29 is 19.5 Å². The number of carboxylic acids is 1. The molecule has 0 spiro atoms. The summed E-state index contributed by atoms with van der Waals surface area (Å²) in [6, 6.07) is 8.05. The molecule has 0 saturated carbocycles. The van der Waals surface area contributed by atoms with Crippen LogP contribution in [0.25, 0.3) is 0 Å². The zero-order valence-corrected chi connectivity index (χ0v) is 12.0. The molecule has 0 aliphatic heterocycles. The van der Waals surface area contributed by atoms with Crippen LogP contribution in [0.2, 0.25) is 0 Å². The minimum atomic E-state index is -1.05. The third-order valence-corrected chi connectivity index (χ3v) is 2.87. The summed E-state index contributed by atoms with van der Waals surface area (Å²) < 4.78 is 5.10. The standard InChI is InChI=1S/C15H21NO4/c1-12(15(17)18)16-20-11-5-3-4-6-13-7-9-14(19-2)10-8-13/h7-10H,3-6,11H2,1-2H3,(H,17,18)/b16-12+. The highest BCUT2D eigenvalue weighted by Crippen LogP contribution is 2.13. The summed E-state index contributed by atoms with van der Waals surface area (Å²) in [5, 5.41) is 12.1. The van der Waals surface area contributed by atoms with E-state index >= 15 is 0 Å². The predicted octanol–water partition coefficient (Wildman–Crippen LogP) is 2.89. The minimum absolute atomic E-state index is 0.0248. The Labute approximate surface area is 119 Å². The maximum atomic E-state index is 10.4. The van der Waals surface area contributed by atoms with E-state index < -0.39 is 5.97 Å². The minimum Gasteiger partial charge on any atom is -0.497 e. The van der Waals surface area contributed by atoms with E-state index in [2.05, 4.69) is 17.3 Å². The first-order chi connectivity index (χ1) is 9.63. The molecule has 0 fully saturated rings. The quantitative estimate of drug-likeness (QED) is 0.429. The maximum absolute atomic E-state index is 10.4. The highest BCUT2D eigenvalue weighted by Gasteiger charge is 2.01. The lowest BCUT2D eigenvalue weighted by Crippen LogP contribution is -2.08. The van der Waals surface area contributed by atoms with Crippen LogP contribution in [0.15, 0.2) is 29.4 Å². The Kier molecular flexibility index (Phi) is 7.17. The Hall–Kier alpha value is -2.04. The Morgan fingerprint density at radius 3 is 2.50 bits per heavy atom. The molecule has 1 rings (SSSR count). The van der Waals surface area contributed by atoms with Gasteiger partial charge in [0.2, 0.25) is 0 Å².